The zero-order chi connectivity index (χ0) is 14.8. The highest BCUT2D eigenvalue weighted by molar-refractivity contribution is 5.68. The SMILES string of the molecule is CC(C)(C)OC(=O)N1CCC(C(N)c2nn[nH]n2)CC1. The molecule has 2 heterocycles. The number of nitrogens with two attached hydrogens (primary N) is 1. The molecule has 0 aromatic carbocycles. The van der Waals surface area contributed by atoms with Crippen LogP contribution in [0.15, 0.2) is 0 Å². The lowest BCUT2D eigenvalue weighted by molar-refractivity contribution is 0.0173. The maximum atomic E-state index is 12.0. The summed E-state index contributed by atoms with van der Waals surface area (Å²) in [6.07, 6.45) is 1.37. The lowest BCUT2D eigenvalue weighted by atomic mass is 9.89. The number of nitrogens with zero attached hydrogens (tertiary/aromatic N) is 4. The minimum atomic E-state index is -0.463. The van der Waals surface area contributed by atoms with Gasteiger partial charge in [-0.2, -0.15) is 5.21 Å². The van der Waals surface area contributed by atoms with E-state index in [0.29, 0.717) is 18.9 Å². The van der Waals surface area contributed by atoms with Gasteiger partial charge in [0.25, 0.3) is 0 Å². The fourth-order valence-electron chi connectivity index (χ4n) is 2.29. The van der Waals surface area contributed by atoms with Crippen molar-refractivity contribution in [2.45, 2.75) is 45.3 Å². The first-order valence-electron chi connectivity index (χ1n) is 6.83. The van der Waals surface area contributed by atoms with Gasteiger partial charge in [0, 0.05) is 13.1 Å². The third kappa shape index (κ3) is 3.66. The van der Waals surface area contributed by atoms with Crippen molar-refractivity contribution in [1.29, 1.82) is 0 Å². The van der Waals surface area contributed by atoms with Crippen LogP contribution in [0.2, 0.25) is 0 Å². The molecule has 1 unspecified atom stereocenters. The number of tetrazole rings is 1. The molecule has 1 saturated heterocycles. The third-order valence-electron chi connectivity index (χ3n) is 3.36. The molecule has 1 aliphatic heterocycles. The Morgan fingerprint density at radius 2 is 2.10 bits per heavy atom. The van der Waals surface area contributed by atoms with Crippen molar-refractivity contribution in [2.24, 2.45) is 11.7 Å². The fraction of sp³-hybridized carbons (Fsp3) is 0.833. The number of likely N-dealkylation sites (tertiary alicyclic amines) is 1. The molecule has 0 spiro atoms. The molecule has 1 aromatic heterocycles. The van der Waals surface area contributed by atoms with Crippen LogP contribution in [0.4, 0.5) is 4.79 Å². The van der Waals surface area contributed by atoms with E-state index in [2.05, 4.69) is 20.6 Å². The van der Waals surface area contributed by atoms with E-state index in [1.807, 2.05) is 20.8 Å². The van der Waals surface area contributed by atoms with Gasteiger partial charge in [-0.3, -0.25) is 0 Å². The Balaban J connectivity index is 1.85. The summed E-state index contributed by atoms with van der Waals surface area (Å²) in [5, 5.41) is 13.8. The molecule has 1 aliphatic rings. The summed E-state index contributed by atoms with van der Waals surface area (Å²) in [4.78, 5) is 13.7. The number of H-pyrrole nitrogens is 1. The van der Waals surface area contributed by atoms with Crippen molar-refractivity contribution in [2.75, 3.05) is 13.1 Å². The number of piperidine rings is 1. The predicted molar refractivity (Wildman–Crippen MR) is 71.6 cm³/mol. The van der Waals surface area contributed by atoms with Gasteiger partial charge in [0.2, 0.25) is 0 Å². The van der Waals surface area contributed by atoms with Crippen LogP contribution in [0.3, 0.4) is 0 Å². The van der Waals surface area contributed by atoms with E-state index in [0.717, 1.165) is 12.8 Å². The van der Waals surface area contributed by atoms with Crippen LogP contribution in [-0.2, 0) is 4.74 Å². The minimum Gasteiger partial charge on any atom is -0.444 e. The molecule has 1 fully saturated rings. The number of carbonyl (C=O) groups is 1. The first-order valence-corrected chi connectivity index (χ1v) is 6.83. The second-order valence-corrected chi connectivity index (χ2v) is 6.10. The first-order chi connectivity index (χ1) is 9.37. The molecular weight excluding hydrogens is 260 g/mol. The summed E-state index contributed by atoms with van der Waals surface area (Å²) in [6, 6.07) is -0.241. The molecule has 2 rings (SSSR count). The van der Waals surface area contributed by atoms with E-state index in [1.165, 1.54) is 0 Å². The normalized spacial score (nSPS) is 18.9. The Morgan fingerprint density at radius 1 is 1.45 bits per heavy atom. The van der Waals surface area contributed by atoms with Crippen LogP contribution >= 0.6 is 0 Å². The molecule has 1 amide bonds. The quantitative estimate of drug-likeness (QED) is 0.832. The Morgan fingerprint density at radius 3 is 2.60 bits per heavy atom. The smallest absolute Gasteiger partial charge is 0.410 e. The van der Waals surface area contributed by atoms with Gasteiger partial charge in [-0.15, -0.1) is 10.2 Å². The lowest BCUT2D eigenvalue weighted by Crippen LogP contribution is -2.43. The van der Waals surface area contributed by atoms with E-state index in [4.69, 9.17) is 10.5 Å². The highest BCUT2D eigenvalue weighted by atomic mass is 16.6. The topological polar surface area (TPSA) is 110 Å². The van der Waals surface area contributed by atoms with Crippen LogP contribution in [-0.4, -0.2) is 50.3 Å². The Hall–Kier alpha value is -1.70. The van der Waals surface area contributed by atoms with Crippen molar-refractivity contribution in [3.05, 3.63) is 5.82 Å². The number of nitrogens with one attached hydrogen (secondary N) is 1. The largest absolute Gasteiger partial charge is 0.444 e. The van der Waals surface area contributed by atoms with Gasteiger partial charge in [-0.25, -0.2) is 4.79 Å². The number of aromatic amines is 1. The van der Waals surface area contributed by atoms with Crippen molar-refractivity contribution in [3.63, 3.8) is 0 Å². The van der Waals surface area contributed by atoms with Crippen molar-refractivity contribution >= 4 is 6.09 Å². The standard InChI is InChI=1S/C12H22N6O2/c1-12(2,3)20-11(19)18-6-4-8(5-7-18)9(13)10-14-16-17-15-10/h8-9H,4-7,13H2,1-3H3,(H,14,15,16,17). The van der Waals surface area contributed by atoms with Crippen LogP contribution < -0.4 is 5.73 Å². The average Bonchev–Trinajstić information content (AvgIpc) is 2.90. The van der Waals surface area contributed by atoms with E-state index in [1.54, 1.807) is 4.90 Å². The van der Waals surface area contributed by atoms with E-state index in [9.17, 15) is 4.79 Å². The van der Waals surface area contributed by atoms with Gasteiger partial charge in [0.1, 0.15) is 5.60 Å². The monoisotopic (exact) mass is 282 g/mol. The predicted octanol–water partition coefficient (Wildman–Crippen LogP) is 0.847. The van der Waals surface area contributed by atoms with Gasteiger partial charge in [-0.05, 0) is 39.5 Å². The molecule has 0 aliphatic carbocycles. The highest BCUT2D eigenvalue weighted by Crippen LogP contribution is 2.27. The number of hydrogen-bond acceptors (Lipinski definition) is 6. The first kappa shape index (κ1) is 14.7. The number of hydrogen-bond donors (Lipinski definition) is 2. The summed E-state index contributed by atoms with van der Waals surface area (Å²) >= 11 is 0. The Kier molecular flexibility index (Phi) is 4.22. The average molecular weight is 282 g/mol. The molecule has 1 aromatic rings. The third-order valence-corrected chi connectivity index (χ3v) is 3.36. The number of rotatable bonds is 2. The summed E-state index contributed by atoms with van der Waals surface area (Å²) in [6.45, 7) is 6.88. The molecule has 0 saturated carbocycles. The number of carbonyl (C=O) groups excluding carboxylic acids is 1. The number of amides is 1. The van der Waals surface area contributed by atoms with Crippen LogP contribution in [0.1, 0.15) is 45.5 Å². The summed E-state index contributed by atoms with van der Waals surface area (Å²) < 4.78 is 5.36. The fourth-order valence-corrected chi connectivity index (χ4v) is 2.29. The molecule has 112 valence electrons. The molecule has 0 bridgehead atoms. The second-order valence-electron chi connectivity index (χ2n) is 6.10. The molecular formula is C12H22N6O2. The maximum Gasteiger partial charge on any atom is 0.410 e. The molecule has 1 atom stereocenters. The van der Waals surface area contributed by atoms with Crippen LogP contribution in [0, 0.1) is 5.92 Å². The van der Waals surface area contributed by atoms with E-state index >= 15 is 0 Å². The zero-order valence-electron chi connectivity index (χ0n) is 12.2. The van der Waals surface area contributed by atoms with Gasteiger partial charge in [-0.1, -0.05) is 5.21 Å². The summed E-state index contributed by atoms with van der Waals surface area (Å²) in [5.41, 5.74) is 5.65. The molecule has 20 heavy (non-hydrogen) atoms. The Bertz CT molecular complexity index is 433. The van der Waals surface area contributed by atoms with Crippen LogP contribution in [0.25, 0.3) is 0 Å². The van der Waals surface area contributed by atoms with Gasteiger partial charge < -0.3 is 15.4 Å². The zero-order valence-corrected chi connectivity index (χ0v) is 12.2. The van der Waals surface area contributed by atoms with Gasteiger partial charge in [0.05, 0.1) is 6.04 Å². The van der Waals surface area contributed by atoms with Gasteiger partial charge in [0.15, 0.2) is 5.82 Å². The van der Waals surface area contributed by atoms with Crippen LogP contribution in [0.5, 0.6) is 0 Å². The molecule has 3 N–H and O–H groups in total. The lowest BCUT2D eigenvalue weighted by Gasteiger charge is -2.34. The van der Waals surface area contributed by atoms with Crippen molar-refractivity contribution < 1.29 is 9.53 Å². The summed E-state index contributed by atoms with van der Waals surface area (Å²) in [5.74, 6) is 0.784. The Labute approximate surface area is 118 Å². The minimum absolute atomic E-state index is 0.241. The number of aromatic nitrogens is 4. The van der Waals surface area contributed by atoms with E-state index in [-0.39, 0.29) is 18.1 Å². The molecule has 8 nitrogen and oxygen atoms in total. The van der Waals surface area contributed by atoms with E-state index < -0.39 is 5.60 Å². The van der Waals surface area contributed by atoms with Crippen molar-refractivity contribution in [3.8, 4) is 0 Å². The molecule has 0 radical (unpaired) electrons. The second kappa shape index (κ2) is 5.74. The summed E-state index contributed by atoms with van der Waals surface area (Å²) in [7, 11) is 0. The van der Waals surface area contributed by atoms with Gasteiger partial charge >= 0.3 is 6.09 Å². The maximum absolute atomic E-state index is 12.0. The number of ether oxygens (including phenoxy) is 1. The van der Waals surface area contributed by atoms with Crippen molar-refractivity contribution in [1.82, 2.24) is 25.5 Å². The molecule has 8 heteroatoms. The highest BCUT2D eigenvalue weighted by Gasteiger charge is 2.31.